The third-order valence-electron chi connectivity index (χ3n) is 5.12. The molecule has 2 heterocycles. The first-order valence-electron chi connectivity index (χ1n) is 10.2. The molecule has 10 heteroatoms. The second-order valence-electron chi connectivity index (χ2n) is 7.62. The number of rotatable bonds is 7. The summed E-state index contributed by atoms with van der Waals surface area (Å²) in [6, 6.07) is 16.0. The van der Waals surface area contributed by atoms with Gasteiger partial charge in [-0.15, -0.1) is 5.10 Å². The van der Waals surface area contributed by atoms with Crippen molar-refractivity contribution < 1.29 is 13.2 Å². The topological polar surface area (TPSA) is 47.5 Å². The van der Waals surface area contributed by atoms with Crippen LogP contribution in [0.4, 0.5) is 13.2 Å². The lowest BCUT2D eigenvalue weighted by Crippen LogP contribution is -2.35. The predicted octanol–water partition coefficient (Wildman–Crippen LogP) is 4.61. The van der Waals surface area contributed by atoms with Crippen LogP contribution in [0.1, 0.15) is 18.9 Å². The zero-order valence-corrected chi connectivity index (χ0v) is 18.2. The zero-order chi connectivity index (χ0) is 22.9. The van der Waals surface area contributed by atoms with Crippen molar-refractivity contribution in [1.82, 2.24) is 23.6 Å². The van der Waals surface area contributed by atoms with Crippen LogP contribution in [0.3, 0.4) is 0 Å². The molecule has 0 radical (unpaired) electrons. The van der Waals surface area contributed by atoms with E-state index in [0.717, 1.165) is 5.56 Å². The summed E-state index contributed by atoms with van der Waals surface area (Å²) < 4.78 is 44.7. The Kier molecular flexibility index (Phi) is 6.16. The average molecular weight is 462 g/mol. The van der Waals surface area contributed by atoms with Crippen LogP contribution >= 0.6 is 12.2 Å². The van der Waals surface area contributed by atoms with Gasteiger partial charge in [-0.3, -0.25) is 18.7 Å². The highest BCUT2D eigenvalue weighted by atomic mass is 32.1. The van der Waals surface area contributed by atoms with Gasteiger partial charge in [0.1, 0.15) is 0 Å². The molecule has 0 atom stereocenters. The van der Waals surface area contributed by atoms with Crippen LogP contribution in [-0.2, 0) is 19.8 Å². The molecule has 0 spiro atoms. The first-order chi connectivity index (χ1) is 15.3. The SMILES string of the molecule is CCCn1c(=O)c2ccccc2n2c(=S)n(CN(Cc3ccccc3)CC(F)(F)F)nc12. The van der Waals surface area contributed by atoms with Gasteiger partial charge in [-0.25, -0.2) is 4.68 Å². The molecule has 4 rings (SSSR count). The largest absolute Gasteiger partial charge is 0.401 e. The number of halogens is 3. The molecule has 0 aliphatic heterocycles. The van der Waals surface area contributed by atoms with E-state index in [1.165, 1.54) is 14.1 Å². The molecule has 0 saturated heterocycles. The van der Waals surface area contributed by atoms with Gasteiger partial charge in [0.15, 0.2) is 0 Å². The summed E-state index contributed by atoms with van der Waals surface area (Å²) >= 11 is 5.61. The van der Waals surface area contributed by atoms with Crippen molar-refractivity contribution in [3.05, 3.63) is 75.3 Å². The Morgan fingerprint density at radius 3 is 2.44 bits per heavy atom. The summed E-state index contributed by atoms with van der Waals surface area (Å²) in [6.45, 7) is 1.17. The number of hydrogen-bond acceptors (Lipinski definition) is 4. The fourth-order valence-corrected chi connectivity index (χ4v) is 4.10. The highest BCUT2D eigenvalue weighted by molar-refractivity contribution is 7.71. The van der Waals surface area contributed by atoms with E-state index in [1.807, 2.05) is 13.0 Å². The Morgan fingerprint density at radius 2 is 1.75 bits per heavy atom. The molecule has 6 nitrogen and oxygen atoms in total. The smallest absolute Gasteiger partial charge is 0.276 e. The van der Waals surface area contributed by atoms with Gasteiger partial charge in [0.2, 0.25) is 10.5 Å². The Hall–Kier alpha value is -2.98. The maximum absolute atomic E-state index is 13.3. The quantitative estimate of drug-likeness (QED) is 0.377. The van der Waals surface area contributed by atoms with Crippen LogP contribution in [0.15, 0.2) is 59.4 Å². The molecule has 0 unspecified atom stereocenters. The van der Waals surface area contributed by atoms with Gasteiger partial charge in [-0.05, 0) is 36.3 Å². The average Bonchev–Trinajstić information content (AvgIpc) is 3.06. The number of fused-ring (bicyclic) bond motifs is 3. The van der Waals surface area contributed by atoms with Crippen LogP contribution in [0, 0.1) is 4.77 Å². The standard InChI is InChI=1S/C22H22F3N5OS/c1-2-12-28-19(31)17-10-6-7-11-18(17)30-20(28)26-29(21(30)32)15-27(14-22(23,24)25)13-16-8-4-3-5-9-16/h3-11H,2,12-15H2,1H3. The number of para-hydroxylation sites is 1. The Labute approximate surface area is 187 Å². The minimum absolute atomic E-state index is 0.0819. The lowest BCUT2D eigenvalue weighted by molar-refractivity contribution is -0.151. The summed E-state index contributed by atoms with van der Waals surface area (Å²) in [5.41, 5.74) is 1.14. The first kappa shape index (κ1) is 22.2. The highest BCUT2D eigenvalue weighted by Crippen LogP contribution is 2.20. The Morgan fingerprint density at radius 1 is 1.06 bits per heavy atom. The van der Waals surface area contributed by atoms with E-state index < -0.39 is 12.7 Å². The number of aromatic nitrogens is 4. The van der Waals surface area contributed by atoms with Crippen molar-refractivity contribution in [1.29, 1.82) is 0 Å². The molecule has 4 aromatic rings. The molecule has 168 valence electrons. The normalized spacial score (nSPS) is 12.3. The third-order valence-corrected chi connectivity index (χ3v) is 5.51. The molecule has 0 saturated carbocycles. The maximum atomic E-state index is 13.3. The summed E-state index contributed by atoms with van der Waals surface area (Å²) in [5.74, 6) is 0.326. The maximum Gasteiger partial charge on any atom is 0.401 e. The van der Waals surface area contributed by atoms with E-state index in [4.69, 9.17) is 12.2 Å². The zero-order valence-electron chi connectivity index (χ0n) is 17.4. The molecule has 0 aliphatic rings. The fraction of sp³-hybridized carbons (Fsp3) is 0.318. The number of alkyl halides is 3. The molecule has 0 fully saturated rings. The second-order valence-corrected chi connectivity index (χ2v) is 7.99. The molecule has 2 aromatic heterocycles. The summed E-state index contributed by atoms with van der Waals surface area (Å²) in [6.07, 6.45) is -3.69. The number of hydrogen-bond donors (Lipinski definition) is 0. The predicted molar refractivity (Wildman–Crippen MR) is 119 cm³/mol. The van der Waals surface area contributed by atoms with Crippen LogP contribution in [-0.4, -0.2) is 36.4 Å². The van der Waals surface area contributed by atoms with Gasteiger partial charge >= 0.3 is 6.18 Å². The Bertz CT molecular complexity index is 1360. The van der Waals surface area contributed by atoms with Crippen molar-refractivity contribution in [2.75, 3.05) is 6.54 Å². The molecule has 0 bridgehead atoms. The molecule has 0 aliphatic carbocycles. The minimum atomic E-state index is -4.38. The summed E-state index contributed by atoms with van der Waals surface area (Å²) in [7, 11) is 0. The molecular weight excluding hydrogens is 439 g/mol. The second kappa shape index (κ2) is 8.87. The van der Waals surface area contributed by atoms with Crippen molar-refractivity contribution in [2.24, 2.45) is 0 Å². The molecule has 0 amide bonds. The van der Waals surface area contributed by atoms with Crippen molar-refractivity contribution in [3.63, 3.8) is 0 Å². The monoisotopic (exact) mass is 461 g/mol. The minimum Gasteiger partial charge on any atom is -0.276 e. The summed E-state index contributed by atoms with van der Waals surface area (Å²) in [4.78, 5) is 14.2. The fourth-order valence-electron chi connectivity index (χ4n) is 3.83. The van der Waals surface area contributed by atoms with E-state index >= 15 is 0 Å². The van der Waals surface area contributed by atoms with Crippen molar-refractivity contribution in [3.8, 4) is 0 Å². The summed E-state index contributed by atoms with van der Waals surface area (Å²) in [5, 5.41) is 4.97. The van der Waals surface area contributed by atoms with E-state index in [-0.39, 0.29) is 23.5 Å². The van der Waals surface area contributed by atoms with Crippen LogP contribution < -0.4 is 5.56 Å². The van der Waals surface area contributed by atoms with E-state index in [0.29, 0.717) is 29.6 Å². The number of benzene rings is 2. The van der Waals surface area contributed by atoms with Gasteiger partial charge in [0, 0.05) is 13.1 Å². The van der Waals surface area contributed by atoms with E-state index in [9.17, 15) is 18.0 Å². The lowest BCUT2D eigenvalue weighted by atomic mass is 10.2. The van der Waals surface area contributed by atoms with Crippen LogP contribution in [0.2, 0.25) is 0 Å². The van der Waals surface area contributed by atoms with Crippen LogP contribution in [0.5, 0.6) is 0 Å². The Balaban J connectivity index is 1.83. The number of aryl methyl sites for hydroxylation is 1. The molecule has 2 aromatic carbocycles. The van der Waals surface area contributed by atoms with Gasteiger partial charge in [-0.2, -0.15) is 13.2 Å². The van der Waals surface area contributed by atoms with Gasteiger partial charge < -0.3 is 0 Å². The van der Waals surface area contributed by atoms with E-state index in [1.54, 1.807) is 52.9 Å². The number of nitrogens with zero attached hydrogens (tertiary/aromatic N) is 5. The molecule has 0 N–H and O–H groups in total. The van der Waals surface area contributed by atoms with Gasteiger partial charge in [-0.1, -0.05) is 49.4 Å². The van der Waals surface area contributed by atoms with Crippen molar-refractivity contribution >= 4 is 28.9 Å². The molecular formula is C22H22F3N5OS. The third kappa shape index (κ3) is 4.46. The van der Waals surface area contributed by atoms with Gasteiger partial charge in [0.05, 0.1) is 24.1 Å². The van der Waals surface area contributed by atoms with Crippen LogP contribution in [0.25, 0.3) is 16.7 Å². The molecule has 32 heavy (non-hydrogen) atoms. The lowest BCUT2D eigenvalue weighted by Gasteiger charge is -2.23. The van der Waals surface area contributed by atoms with Gasteiger partial charge in [0.25, 0.3) is 5.56 Å². The highest BCUT2D eigenvalue weighted by Gasteiger charge is 2.31. The first-order valence-corrected chi connectivity index (χ1v) is 10.6. The van der Waals surface area contributed by atoms with E-state index in [2.05, 4.69) is 5.10 Å². The van der Waals surface area contributed by atoms with Crippen molar-refractivity contribution in [2.45, 2.75) is 39.3 Å².